The molecule has 2 N–H and O–H groups in total. The Balaban J connectivity index is 2.35. The molecule has 1 aliphatic rings. The van der Waals surface area contributed by atoms with Crippen LogP contribution in [0.15, 0.2) is 60.7 Å². The molecule has 1 unspecified atom stereocenters. The third-order valence-corrected chi connectivity index (χ3v) is 12.6. The average Bonchev–Trinajstić information content (AvgIpc) is 3.74. The molecule has 354 valence electrons. The number of allylic oxidation sites excluding steroid dienone is 3. The van der Waals surface area contributed by atoms with E-state index in [1.54, 1.807) is 44.0 Å². The van der Waals surface area contributed by atoms with Gasteiger partial charge in [-0.25, -0.2) is 4.79 Å². The zero-order valence-corrected chi connectivity index (χ0v) is 40.5. The number of likely N-dealkylation sites (tertiary alicyclic amines) is 1. The quantitative estimate of drug-likeness (QED) is 0.0523. The molecule has 1 heterocycles. The van der Waals surface area contributed by atoms with Crippen LogP contribution in [-0.2, 0) is 33.5 Å². The van der Waals surface area contributed by atoms with Crippen LogP contribution in [0.5, 0.6) is 0 Å². The lowest BCUT2D eigenvalue weighted by Crippen LogP contribution is -2.59. The summed E-state index contributed by atoms with van der Waals surface area (Å²) in [5, 5.41) is 5.90. The average molecular weight is 890 g/mol. The Morgan fingerprint density at radius 3 is 1.98 bits per heavy atom. The largest absolute Gasteiger partial charge is 0.452 e. The van der Waals surface area contributed by atoms with Crippen molar-refractivity contribution in [1.82, 2.24) is 25.3 Å². The number of nitrogens with one attached hydrogen (secondary N) is 2. The van der Waals surface area contributed by atoms with Gasteiger partial charge in [-0.3, -0.25) is 28.9 Å². The number of nitrogens with zero attached hydrogens (tertiary/aromatic N) is 3. The van der Waals surface area contributed by atoms with E-state index in [0.717, 1.165) is 0 Å². The molecule has 10 atom stereocenters. The van der Waals surface area contributed by atoms with Gasteiger partial charge in [-0.05, 0) is 83.2 Å². The van der Waals surface area contributed by atoms with Gasteiger partial charge in [0.1, 0.15) is 24.7 Å². The molecule has 1 aliphatic heterocycles. The molecule has 1 aromatic carbocycles. The Hall–Kier alpha value is -5.24. The number of ketones is 1. The zero-order valence-electron chi connectivity index (χ0n) is 40.5. The highest BCUT2D eigenvalue weighted by molar-refractivity contribution is 5.96. The molecule has 1 saturated heterocycles. The molecule has 0 saturated carbocycles. The van der Waals surface area contributed by atoms with Crippen LogP contribution in [0.1, 0.15) is 116 Å². The van der Waals surface area contributed by atoms with Crippen LogP contribution in [0, 0.1) is 35.5 Å². The van der Waals surface area contributed by atoms with Crippen molar-refractivity contribution in [2.45, 2.75) is 131 Å². The standard InChI is InChI=1S/C50H75N5O9/c1-15-18-20-36(17-3)46(64-50(63)38-24-22-37(23-25-38)35(11)58)34(10)51-47(60)33(9)40(29-57)41-21-19-26-55(41)42(59)27-39(28-56)45(32(8)16-2)54(14)49(62)43(30(4)5)52-48(61)44(31(6)7)53(12)13/h15,17-18,20,22-25,28-34,39-41,43-46H,3,16,19,21,26-27H2,1-2,4-14H3,(H,51,60)(H,52,61)/b18-15-,36-20+/t32-,33+,34+,39-,40+,41-,43-,44-,45-,46?/m0/s1. The first-order valence-corrected chi connectivity index (χ1v) is 22.6. The van der Waals surface area contributed by atoms with Crippen LogP contribution in [0.3, 0.4) is 0 Å². The molecule has 0 radical (unpaired) electrons. The summed E-state index contributed by atoms with van der Waals surface area (Å²) in [6.07, 6.45) is 8.61. The van der Waals surface area contributed by atoms with E-state index in [1.807, 2.05) is 67.5 Å². The predicted molar refractivity (Wildman–Crippen MR) is 249 cm³/mol. The van der Waals surface area contributed by atoms with E-state index >= 15 is 0 Å². The summed E-state index contributed by atoms with van der Waals surface area (Å²) in [6.45, 7) is 22.2. The van der Waals surface area contributed by atoms with Crippen LogP contribution >= 0.6 is 0 Å². The van der Waals surface area contributed by atoms with Crippen molar-refractivity contribution in [3.05, 3.63) is 71.8 Å². The smallest absolute Gasteiger partial charge is 0.338 e. The number of hydrogen-bond donors (Lipinski definition) is 2. The minimum Gasteiger partial charge on any atom is -0.452 e. The molecule has 1 aromatic rings. The maximum absolute atomic E-state index is 14.3. The highest BCUT2D eigenvalue weighted by Gasteiger charge is 2.43. The summed E-state index contributed by atoms with van der Waals surface area (Å²) < 4.78 is 5.95. The molecule has 0 aromatic heterocycles. The third kappa shape index (κ3) is 14.4. The summed E-state index contributed by atoms with van der Waals surface area (Å²) in [5.41, 5.74) is 1.15. The first-order chi connectivity index (χ1) is 30.1. The first-order valence-electron chi connectivity index (χ1n) is 22.6. The first kappa shape index (κ1) is 54.9. The Morgan fingerprint density at radius 1 is 0.891 bits per heavy atom. The van der Waals surface area contributed by atoms with E-state index in [9.17, 15) is 38.4 Å². The number of aldehydes is 2. The topological polar surface area (TPSA) is 180 Å². The fourth-order valence-electron chi connectivity index (χ4n) is 8.77. The summed E-state index contributed by atoms with van der Waals surface area (Å²) in [5.74, 6) is -5.53. The Labute approximate surface area is 381 Å². The molecule has 1 fully saturated rings. The summed E-state index contributed by atoms with van der Waals surface area (Å²) >= 11 is 0. The number of benzene rings is 1. The molecule has 0 spiro atoms. The fourth-order valence-corrected chi connectivity index (χ4v) is 8.77. The second-order valence-corrected chi connectivity index (χ2v) is 18.2. The predicted octanol–water partition coefficient (Wildman–Crippen LogP) is 5.86. The number of esters is 1. The Bertz CT molecular complexity index is 1850. The second kappa shape index (κ2) is 25.9. The number of Topliss-reactive ketones (excluding diaryl/α,β-unsaturated/α-hetero) is 1. The summed E-state index contributed by atoms with van der Waals surface area (Å²) in [7, 11) is 5.24. The second-order valence-electron chi connectivity index (χ2n) is 18.2. The lowest BCUT2D eigenvalue weighted by Gasteiger charge is -2.40. The maximum Gasteiger partial charge on any atom is 0.338 e. The number of ether oxygens (including phenoxy) is 1. The third-order valence-electron chi connectivity index (χ3n) is 12.6. The van der Waals surface area contributed by atoms with E-state index in [-0.39, 0.29) is 53.2 Å². The van der Waals surface area contributed by atoms with Gasteiger partial charge in [-0.1, -0.05) is 97.9 Å². The van der Waals surface area contributed by atoms with E-state index in [4.69, 9.17) is 4.74 Å². The van der Waals surface area contributed by atoms with E-state index < -0.39 is 65.9 Å². The minimum atomic E-state index is -0.991. The van der Waals surface area contributed by atoms with Gasteiger partial charge < -0.3 is 34.8 Å². The molecule has 14 heteroatoms. The number of rotatable bonds is 25. The minimum absolute atomic E-state index is 0.0148. The highest BCUT2D eigenvalue weighted by atomic mass is 16.5. The maximum atomic E-state index is 14.3. The van der Waals surface area contributed by atoms with E-state index in [2.05, 4.69) is 17.2 Å². The van der Waals surface area contributed by atoms with Gasteiger partial charge in [0, 0.05) is 55.4 Å². The number of carbonyl (C=O) groups excluding carboxylic acids is 8. The van der Waals surface area contributed by atoms with Crippen molar-refractivity contribution in [3.63, 3.8) is 0 Å². The van der Waals surface area contributed by atoms with Crippen molar-refractivity contribution in [1.29, 1.82) is 0 Å². The molecule has 4 amide bonds. The monoisotopic (exact) mass is 890 g/mol. The van der Waals surface area contributed by atoms with Gasteiger partial charge in [-0.2, -0.15) is 0 Å². The van der Waals surface area contributed by atoms with Crippen LogP contribution in [0.25, 0.3) is 0 Å². The number of amides is 4. The van der Waals surface area contributed by atoms with Gasteiger partial charge in [0.15, 0.2) is 5.78 Å². The fraction of sp³-hybridized carbons (Fsp3) is 0.600. The lowest BCUT2D eigenvalue weighted by atomic mass is 9.83. The van der Waals surface area contributed by atoms with Gasteiger partial charge in [0.05, 0.1) is 17.6 Å². The number of likely N-dealkylation sites (N-methyl/N-ethyl adjacent to an activating group) is 2. The number of carbonyl (C=O) groups is 8. The van der Waals surface area contributed by atoms with E-state index in [0.29, 0.717) is 49.5 Å². The van der Waals surface area contributed by atoms with Crippen LogP contribution in [-0.4, -0.2) is 127 Å². The molecule has 0 aliphatic carbocycles. The SMILES string of the molecule is C=C/C(=C\C=C/C)C(OC(=O)c1ccc(C(C)=O)cc1)[C@@H](C)NC(=O)[C@H](C)[C@@H](C=O)[C@@H]1CCCN1C(=O)C[C@@H](C=O)[C@H]([C@@H](C)CC)N(C)C(=O)[C@@H](NC(=O)[C@H](C(C)C)N(C)C)C(C)C. The Kier molecular flexibility index (Phi) is 22.2. The molecule has 14 nitrogen and oxygen atoms in total. The Morgan fingerprint density at radius 2 is 1.50 bits per heavy atom. The normalized spacial score (nSPS) is 18.6. The highest BCUT2D eigenvalue weighted by Crippen LogP contribution is 2.32. The number of hydrogen-bond acceptors (Lipinski definition) is 10. The zero-order chi connectivity index (χ0) is 48.6. The van der Waals surface area contributed by atoms with Gasteiger partial charge in [-0.15, -0.1) is 0 Å². The van der Waals surface area contributed by atoms with E-state index in [1.165, 1.54) is 42.2 Å². The molecule has 0 bridgehead atoms. The molecule has 64 heavy (non-hydrogen) atoms. The van der Waals surface area contributed by atoms with Crippen molar-refractivity contribution in [2.24, 2.45) is 35.5 Å². The van der Waals surface area contributed by atoms with Gasteiger partial charge >= 0.3 is 5.97 Å². The van der Waals surface area contributed by atoms with Crippen molar-refractivity contribution < 1.29 is 43.1 Å². The summed E-state index contributed by atoms with van der Waals surface area (Å²) in [6, 6.07) is 2.61. The van der Waals surface area contributed by atoms with Crippen molar-refractivity contribution in [2.75, 3.05) is 27.7 Å². The van der Waals surface area contributed by atoms with Crippen molar-refractivity contribution >= 4 is 48.0 Å². The van der Waals surface area contributed by atoms with Crippen LogP contribution in [0.2, 0.25) is 0 Å². The van der Waals surface area contributed by atoms with Gasteiger partial charge in [0.2, 0.25) is 23.6 Å². The van der Waals surface area contributed by atoms with Crippen LogP contribution in [0.4, 0.5) is 0 Å². The van der Waals surface area contributed by atoms with Crippen molar-refractivity contribution in [3.8, 4) is 0 Å². The molecular formula is C50H75N5O9. The molecule has 2 rings (SSSR count). The summed E-state index contributed by atoms with van der Waals surface area (Å²) in [4.78, 5) is 112. The molecular weight excluding hydrogens is 815 g/mol. The van der Waals surface area contributed by atoms with Gasteiger partial charge in [0.25, 0.3) is 0 Å². The lowest BCUT2D eigenvalue weighted by molar-refractivity contribution is -0.144. The van der Waals surface area contributed by atoms with Crippen LogP contribution < -0.4 is 10.6 Å².